The van der Waals surface area contributed by atoms with E-state index in [0.29, 0.717) is 12.2 Å². The first-order valence-electron chi connectivity index (χ1n) is 6.94. The normalized spacial score (nSPS) is 15.6. The van der Waals surface area contributed by atoms with Crippen LogP contribution in [-0.2, 0) is 0 Å². The van der Waals surface area contributed by atoms with E-state index >= 15 is 0 Å². The summed E-state index contributed by atoms with van der Waals surface area (Å²) in [7, 11) is 0. The van der Waals surface area contributed by atoms with Gasteiger partial charge in [-0.15, -0.1) is 0 Å². The van der Waals surface area contributed by atoms with Crippen molar-refractivity contribution in [3.63, 3.8) is 0 Å². The molecule has 1 aromatic rings. The van der Waals surface area contributed by atoms with Crippen LogP contribution in [0.1, 0.15) is 48.9 Å². The Balaban J connectivity index is 1.85. The Hall–Kier alpha value is -1.58. The zero-order chi connectivity index (χ0) is 13.7. The van der Waals surface area contributed by atoms with Crippen molar-refractivity contribution in [2.75, 3.05) is 11.9 Å². The summed E-state index contributed by atoms with van der Waals surface area (Å²) < 4.78 is 13.4. The number of halogens is 1. The van der Waals surface area contributed by atoms with Crippen molar-refractivity contribution >= 4 is 11.7 Å². The van der Waals surface area contributed by atoms with E-state index in [1.807, 2.05) is 0 Å². The largest absolute Gasteiger partial charge is 0.478 e. The number of nitrogens with one attached hydrogen (secondary N) is 1. The van der Waals surface area contributed by atoms with Gasteiger partial charge in [0.1, 0.15) is 11.4 Å². The van der Waals surface area contributed by atoms with Crippen LogP contribution in [0.3, 0.4) is 0 Å². The first-order chi connectivity index (χ1) is 9.18. The predicted octanol–water partition coefficient (Wildman–Crippen LogP) is 3.91. The van der Waals surface area contributed by atoms with Gasteiger partial charge < -0.3 is 10.4 Å². The third-order valence-corrected chi connectivity index (χ3v) is 3.81. The fourth-order valence-corrected chi connectivity index (χ4v) is 2.80. The molecule has 19 heavy (non-hydrogen) atoms. The number of hydrogen-bond acceptors (Lipinski definition) is 2. The molecule has 2 rings (SSSR count). The van der Waals surface area contributed by atoms with Crippen molar-refractivity contribution in [3.05, 3.63) is 29.6 Å². The van der Waals surface area contributed by atoms with Crippen molar-refractivity contribution in [2.24, 2.45) is 5.92 Å². The molecule has 0 radical (unpaired) electrons. The highest BCUT2D eigenvalue weighted by Crippen LogP contribution is 2.28. The number of carbonyl (C=O) groups is 1. The SMILES string of the molecule is O=C(O)c1c(F)cccc1NCCCC1CCCC1. The Bertz CT molecular complexity index is 442. The van der Waals surface area contributed by atoms with Gasteiger partial charge in [-0.05, 0) is 30.9 Å². The minimum Gasteiger partial charge on any atom is -0.478 e. The second kappa shape index (κ2) is 6.55. The van der Waals surface area contributed by atoms with Crippen molar-refractivity contribution in [3.8, 4) is 0 Å². The number of aromatic carboxylic acids is 1. The van der Waals surface area contributed by atoms with Gasteiger partial charge in [0.2, 0.25) is 0 Å². The van der Waals surface area contributed by atoms with Crippen LogP contribution in [0.5, 0.6) is 0 Å². The molecule has 1 aliphatic carbocycles. The summed E-state index contributed by atoms with van der Waals surface area (Å²) in [5, 5.41) is 12.0. The van der Waals surface area contributed by atoms with E-state index in [0.717, 1.165) is 12.3 Å². The third-order valence-electron chi connectivity index (χ3n) is 3.81. The van der Waals surface area contributed by atoms with Crippen LogP contribution in [0.25, 0.3) is 0 Å². The lowest BCUT2D eigenvalue weighted by molar-refractivity contribution is 0.0693. The minimum absolute atomic E-state index is 0.261. The average Bonchev–Trinajstić information content (AvgIpc) is 2.87. The van der Waals surface area contributed by atoms with E-state index < -0.39 is 11.8 Å². The molecule has 0 saturated heterocycles. The topological polar surface area (TPSA) is 49.3 Å². The van der Waals surface area contributed by atoms with Gasteiger partial charge in [0.05, 0.1) is 5.69 Å². The van der Waals surface area contributed by atoms with Crippen LogP contribution in [0, 0.1) is 11.7 Å². The van der Waals surface area contributed by atoms with Crippen LogP contribution < -0.4 is 5.32 Å². The number of carboxylic acids is 1. The molecule has 4 heteroatoms. The molecule has 0 heterocycles. The van der Waals surface area contributed by atoms with Crippen molar-refractivity contribution < 1.29 is 14.3 Å². The molecule has 1 aliphatic rings. The molecule has 1 fully saturated rings. The lowest BCUT2D eigenvalue weighted by atomic mass is 10.0. The summed E-state index contributed by atoms with van der Waals surface area (Å²) in [5.41, 5.74) is 0.113. The summed E-state index contributed by atoms with van der Waals surface area (Å²) in [6.45, 7) is 0.695. The van der Waals surface area contributed by atoms with E-state index in [1.54, 1.807) is 6.07 Å². The van der Waals surface area contributed by atoms with Crippen molar-refractivity contribution in [1.29, 1.82) is 0 Å². The molecule has 104 valence electrons. The summed E-state index contributed by atoms with van der Waals surface area (Å²) >= 11 is 0. The monoisotopic (exact) mass is 265 g/mol. The van der Waals surface area contributed by atoms with Crippen LogP contribution >= 0.6 is 0 Å². The van der Waals surface area contributed by atoms with E-state index in [4.69, 9.17) is 5.11 Å². The van der Waals surface area contributed by atoms with Crippen LogP contribution in [0.2, 0.25) is 0 Å². The molecule has 0 spiro atoms. The molecule has 0 atom stereocenters. The summed E-state index contributed by atoms with van der Waals surface area (Å²) in [5.74, 6) is -1.09. The van der Waals surface area contributed by atoms with Crippen LogP contribution in [-0.4, -0.2) is 17.6 Å². The number of anilines is 1. The molecule has 0 bridgehead atoms. The molecular weight excluding hydrogens is 245 g/mol. The molecule has 1 aromatic carbocycles. The summed E-state index contributed by atoms with van der Waals surface area (Å²) in [4.78, 5) is 11.0. The Morgan fingerprint density at radius 2 is 2.11 bits per heavy atom. The quantitative estimate of drug-likeness (QED) is 0.767. The summed E-state index contributed by atoms with van der Waals surface area (Å²) in [6, 6.07) is 4.32. The van der Waals surface area contributed by atoms with Gasteiger partial charge in [-0.2, -0.15) is 0 Å². The maximum atomic E-state index is 13.4. The van der Waals surface area contributed by atoms with Gasteiger partial charge in [-0.3, -0.25) is 0 Å². The van der Waals surface area contributed by atoms with Crippen molar-refractivity contribution in [2.45, 2.75) is 38.5 Å². The van der Waals surface area contributed by atoms with E-state index in [-0.39, 0.29) is 5.56 Å². The number of benzene rings is 1. The first-order valence-corrected chi connectivity index (χ1v) is 6.94. The second-order valence-corrected chi connectivity index (χ2v) is 5.19. The zero-order valence-corrected chi connectivity index (χ0v) is 11.0. The Morgan fingerprint density at radius 1 is 1.37 bits per heavy atom. The Labute approximate surface area is 112 Å². The molecule has 3 nitrogen and oxygen atoms in total. The Morgan fingerprint density at radius 3 is 2.79 bits per heavy atom. The first kappa shape index (κ1) is 13.8. The number of hydrogen-bond donors (Lipinski definition) is 2. The number of rotatable bonds is 6. The standard InChI is InChI=1S/C15H20FNO2/c16-12-8-3-9-13(14(12)15(18)19)17-10-4-7-11-5-1-2-6-11/h3,8-9,11,17H,1-2,4-7,10H2,(H,18,19). The van der Waals surface area contributed by atoms with Gasteiger partial charge in [0.25, 0.3) is 0 Å². The fourth-order valence-electron chi connectivity index (χ4n) is 2.80. The highest BCUT2D eigenvalue weighted by atomic mass is 19.1. The smallest absolute Gasteiger partial charge is 0.340 e. The maximum Gasteiger partial charge on any atom is 0.340 e. The molecule has 1 saturated carbocycles. The summed E-state index contributed by atoms with van der Waals surface area (Å²) in [6.07, 6.45) is 7.49. The highest BCUT2D eigenvalue weighted by molar-refractivity contribution is 5.94. The molecule has 0 aliphatic heterocycles. The maximum absolute atomic E-state index is 13.4. The van der Waals surface area contributed by atoms with Gasteiger partial charge in [-0.25, -0.2) is 9.18 Å². The lowest BCUT2D eigenvalue weighted by Crippen LogP contribution is -2.10. The zero-order valence-electron chi connectivity index (χ0n) is 11.0. The van der Waals surface area contributed by atoms with Crippen LogP contribution in [0.15, 0.2) is 18.2 Å². The predicted molar refractivity (Wildman–Crippen MR) is 73.0 cm³/mol. The van der Waals surface area contributed by atoms with Crippen LogP contribution in [0.4, 0.5) is 10.1 Å². The Kier molecular flexibility index (Phi) is 4.77. The molecule has 0 aromatic heterocycles. The molecule has 0 unspecified atom stereocenters. The average molecular weight is 265 g/mol. The highest BCUT2D eigenvalue weighted by Gasteiger charge is 2.16. The van der Waals surface area contributed by atoms with E-state index in [9.17, 15) is 9.18 Å². The second-order valence-electron chi connectivity index (χ2n) is 5.19. The van der Waals surface area contributed by atoms with E-state index in [1.165, 1.54) is 44.2 Å². The van der Waals surface area contributed by atoms with Gasteiger partial charge in [0, 0.05) is 6.54 Å². The van der Waals surface area contributed by atoms with E-state index in [2.05, 4.69) is 5.32 Å². The minimum atomic E-state index is -1.23. The van der Waals surface area contributed by atoms with Gasteiger partial charge in [0.15, 0.2) is 0 Å². The lowest BCUT2D eigenvalue weighted by Gasteiger charge is -2.12. The molecule has 2 N–H and O–H groups in total. The molecule has 0 amide bonds. The van der Waals surface area contributed by atoms with Crippen molar-refractivity contribution in [1.82, 2.24) is 0 Å². The third kappa shape index (κ3) is 3.69. The van der Waals surface area contributed by atoms with Gasteiger partial charge in [-0.1, -0.05) is 31.7 Å². The number of carboxylic acid groups (broad SMARTS) is 1. The molecular formula is C15H20FNO2. The fraction of sp³-hybridized carbons (Fsp3) is 0.533. The van der Waals surface area contributed by atoms with Gasteiger partial charge >= 0.3 is 5.97 Å².